The number of carbonyl (C=O) groups excluding carboxylic acids is 3. The van der Waals surface area contributed by atoms with E-state index in [4.69, 9.17) is 4.74 Å². The predicted molar refractivity (Wildman–Crippen MR) is 61.5 cm³/mol. The first kappa shape index (κ1) is 13.0. The summed E-state index contributed by atoms with van der Waals surface area (Å²) >= 11 is 0. The molecule has 2 amide bonds. The van der Waals surface area contributed by atoms with Gasteiger partial charge in [-0.25, -0.2) is 4.79 Å². The fourth-order valence-electron chi connectivity index (χ4n) is 1.54. The third-order valence-electron chi connectivity index (χ3n) is 2.48. The smallest absolute Gasteiger partial charge is 0.432 e. The number of hydroxylamine groups is 2. The highest BCUT2D eigenvalue weighted by molar-refractivity contribution is 6.01. The number of carbonyl (C=O) groups is 3. The summed E-state index contributed by atoms with van der Waals surface area (Å²) in [6.45, 7) is 0.0616. The number of imide groups is 1. The molecule has 1 aliphatic heterocycles. The highest BCUT2D eigenvalue weighted by atomic mass is 16.8. The Balaban J connectivity index is 1.73. The predicted octanol–water partition coefficient (Wildman–Crippen LogP) is 0.841. The Morgan fingerprint density at radius 3 is 2.63 bits per heavy atom. The van der Waals surface area contributed by atoms with Crippen LogP contribution in [0, 0.1) is 0 Å². The zero-order valence-electron chi connectivity index (χ0n) is 10.1. The second-order valence-electron chi connectivity index (χ2n) is 3.84. The van der Waals surface area contributed by atoms with Crippen molar-refractivity contribution in [2.45, 2.75) is 19.3 Å². The Morgan fingerprint density at radius 1 is 1.26 bits per heavy atom. The minimum Gasteiger partial charge on any atom is -0.432 e. The van der Waals surface area contributed by atoms with Gasteiger partial charge in [-0.05, 0) is 12.1 Å². The van der Waals surface area contributed by atoms with Crippen LogP contribution in [0.15, 0.2) is 24.4 Å². The minimum absolute atomic E-state index is 0.0556. The molecule has 0 saturated carbocycles. The lowest BCUT2D eigenvalue weighted by molar-refractivity contribution is -0.177. The van der Waals surface area contributed by atoms with E-state index in [1.54, 1.807) is 18.3 Å². The quantitative estimate of drug-likeness (QED) is 0.591. The molecule has 19 heavy (non-hydrogen) atoms. The first-order valence-electron chi connectivity index (χ1n) is 5.77. The summed E-state index contributed by atoms with van der Waals surface area (Å²) in [6, 6.07) is 5.40. The van der Waals surface area contributed by atoms with Crippen molar-refractivity contribution < 1.29 is 24.0 Å². The van der Waals surface area contributed by atoms with Crippen LogP contribution in [0.3, 0.4) is 0 Å². The molecular weight excluding hydrogens is 252 g/mol. The van der Waals surface area contributed by atoms with Crippen molar-refractivity contribution in [1.29, 1.82) is 0 Å². The third kappa shape index (κ3) is 3.51. The molecule has 2 rings (SSSR count). The zero-order valence-corrected chi connectivity index (χ0v) is 10.1. The largest absolute Gasteiger partial charge is 0.533 e. The number of aromatic nitrogens is 1. The highest BCUT2D eigenvalue weighted by Crippen LogP contribution is 2.12. The van der Waals surface area contributed by atoms with Gasteiger partial charge in [0.15, 0.2) is 0 Å². The van der Waals surface area contributed by atoms with Crippen LogP contribution < -0.4 is 0 Å². The summed E-state index contributed by atoms with van der Waals surface area (Å²) < 4.78 is 4.76. The minimum atomic E-state index is -1.07. The first-order chi connectivity index (χ1) is 9.16. The van der Waals surface area contributed by atoms with Gasteiger partial charge in [0.2, 0.25) is 0 Å². The van der Waals surface area contributed by atoms with Crippen LogP contribution in [-0.4, -0.2) is 34.6 Å². The zero-order chi connectivity index (χ0) is 13.7. The van der Waals surface area contributed by atoms with E-state index in [0.29, 0.717) is 11.5 Å². The van der Waals surface area contributed by atoms with Gasteiger partial charge in [-0.1, -0.05) is 11.1 Å². The van der Waals surface area contributed by atoms with Gasteiger partial charge in [0.25, 0.3) is 11.8 Å². The third-order valence-corrected chi connectivity index (χ3v) is 2.48. The SMILES string of the molecule is O=C(OCCc1ccccn1)ON1C(=O)CCC1=O. The molecule has 0 bridgehead atoms. The Labute approximate surface area is 109 Å². The van der Waals surface area contributed by atoms with E-state index in [1.165, 1.54) is 0 Å². The maximum absolute atomic E-state index is 11.3. The lowest BCUT2D eigenvalue weighted by atomic mass is 10.3. The fraction of sp³-hybridized carbons (Fsp3) is 0.333. The number of nitrogens with zero attached hydrogens (tertiary/aromatic N) is 2. The van der Waals surface area contributed by atoms with E-state index in [1.807, 2.05) is 6.07 Å². The van der Waals surface area contributed by atoms with Gasteiger partial charge < -0.3 is 4.74 Å². The van der Waals surface area contributed by atoms with E-state index >= 15 is 0 Å². The van der Waals surface area contributed by atoms with Gasteiger partial charge in [-0.15, -0.1) is 0 Å². The van der Waals surface area contributed by atoms with Gasteiger partial charge in [-0.3, -0.25) is 19.4 Å². The molecule has 7 nitrogen and oxygen atoms in total. The molecule has 1 fully saturated rings. The molecular formula is C12H12N2O5. The topological polar surface area (TPSA) is 85.8 Å². The number of hydrogen-bond acceptors (Lipinski definition) is 6. The van der Waals surface area contributed by atoms with Crippen LogP contribution in [0.2, 0.25) is 0 Å². The van der Waals surface area contributed by atoms with Crippen LogP contribution >= 0.6 is 0 Å². The average Bonchev–Trinajstić information content (AvgIpc) is 2.72. The molecule has 2 heterocycles. The Morgan fingerprint density at radius 2 is 2.00 bits per heavy atom. The van der Waals surface area contributed by atoms with Gasteiger partial charge in [0.1, 0.15) is 6.61 Å². The van der Waals surface area contributed by atoms with Gasteiger partial charge in [-0.2, -0.15) is 0 Å². The lowest BCUT2D eigenvalue weighted by Crippen LogP contribution is -2.32. The summed E-state index contributed by atoms with van der Waals surface area (Å²) in [5.41, 5.74) is 0.767. The molecule has 0 radical (unpaired) electrons. The first-order valence-corrected chi connectivity index (χ1v) is 5.77. The average molecular weight is 264 g/mol. The maximum atomic E-state index is 11.3. The Kier molecular flexibility index (Phi) is 4.07. The highest BCUT2D eigenvalue weighted by Gasteiger charge is 2.33. The summed E-state index contributed by atoms with van der Waals surface area (Å²) in [5.74, 6) is -1.07. The molecule has 1 aromatic rings. The Bertz CT molecular complexity index is 472. The van der Waals surface area contributed by atoms with Gasteiger partial charge in [0.05, 0.1) is 0 Å². The second kappa shape index (κ2) is 5.94. The van der Waals surface area contributed by atoms with E-state index in [-0.39, 0.29) is 19.4 Å². The van der Waals surface area contributed by atoms with E-state index < -0.39 is 18.0 Å². The Hall–Kier alpha value is -2.44. The van der Waals surface area contributed by atoms with E-state index in [9.17, 15) is 14.4 Å². The normalized spacial score (nSPS) is 14.6. The summed E-state index contributed by atoms with van der Waals surface area (Å²) in [6.07, 6.45) is 1.10. The van der Waals surface area contributed by atoms with E-state index in [2.05, 4.69) is 9.82 Å². The van der Waals surface area contributed by atoms with Gasteiger partial charge in [0, 0.05) is 31.2 Å². The maximum Gasteiger partial charge on any atom is 0.533 e. The van der Waals surface area contributed by atoms with Crippen molar-refractivity contribution in [2.75, 3.05) is 6.61 Å². The standard InChI is InChI=1S/C12H12N2O5/c15-10-4-5-11(16)14(10)19-12(17)18-8-6-9-3-1-2-7-13-9/h1-3,7H,4-6,8H2. The molecule has 0 unspecified atom stereocenters. The second-order valence-corrected chi connectivity index (χ2v) is 3.84. The van der Waals surface area contributed by atoms with Gasteiger partial charge >= 0.3 is 6.16 Å². The number of amides is 2. The number of hydrogen-bond donors (Lipinski definition) is 0. The summed E-state index contributed by atoms with van der Waals surface area (Å²) in [4.78, 5) is 42.2. The van der Waals surface area contributed by atoms with Crippen LogP contribution in [0.25, 0.3) is 0 Å². The van der Waals surface area contributed by atoms with Crippen LogP contribution in [0.5, 0.6) is 0 Å². The molecule has 0 aliphatic carbocycles. The molecule has 1 aromatic heterocycles. The summed E-state index contributed by atoms with van der Waals surface area (Å²) in [7, 11) is 0. The fourth-order valence-corrected chi connectivity index (χ4v) is 1.54. The molecule has 1 saturated heterocycles. The molecule has 0 aromatic carbocycles. The van der Waals surface area contributed by atoms with Crippen molar-refractivity contribution in [2.24, 2.45) is 0 Å². The van der Waals surface area contributed by atoms with E-state index in [0.717, 1.165) is 5.69 Å². The summed E-state index contributed by atoms with van der Waals surface area (Å²) in [5, 5.41) is 0.448. The van der Waals surface area contributed by atoms with Crippen molar-refractivity contribution in [3.63, 3.8) is 0 Å². The molecule has 0 N–H and O–H groups in total. The van der Waals surface area contributed by atoms with Crippen LogP contribution in [0.4, 0.5) is 4.79 Å². The number of rotatable bonds is 4. The molecule has 100 valence electrons. The van der Waals surface area contributed by atoms with Crippen LogP contribution in [0.1, 0.15) is 18.5 Å². The molecule has 0 atom stereocenters. The van der Waals surface area contributed by atoms with Crippen molar-refractivity contribution >= 4 is 18.0 Å². The molecule has 1 aliphatic rings. The van der Waals surface area contributed by atoms with Crippen molar-refractivity contribution in [1.82, 2.24) is 10.0 Å². The molecule has 7 heteroatoms. The molecule has 0 spiro atoms. The monoisotopic (exact) mass is 264 g/mol. The van der Waals surface area contributed by atoms with Crippen molar-refractivity contribution in [3.05, 3.63) is 30.1 Å². The van der Waals surface area contributed by atoms with Crippen LogP contribution in [-0.2, 0) is 25.6 Å². The number of pyridine rings is 1. The lowest BCUT2D eigenvalue weighted by Gasteiger charge is -2.12. The van der Waals surface area contributed by atoms with Crippen molar-refractivity contribution in [3.8, 4) is 0 Å². The number of ether oxygens (including phenoxy) is 1.